The molecule has 2 aromatic carbocycles. The molecule has 0 aromatic heterocycles. The van der Waals surface area contributed by atoms with Crippen LogP contribution in [0.1, 0.15) is 30.9 Å². The number of anilines is 1. The zero-order chi connectivity index (χ0) is 18.6. The molecule has 0 saturated heterocycles. The second-order valence-corrected chi connectivity index (χ2v) is 7.72. The van der Waals surface area contributed by atoms with Gasteiger partial charge in [0.2, 0.25) is 0 Å². The van der Waals surface area contributed by atoms with Crippen molar-refractivity contribution in [1.82, 2.24) is 0 Å². The molecular weight excluding hydrogens is 336 g/mol. The lowest BCUT2D eigenvalue weighted by Gasteiger charge is -2.37. The first kappa shape index (κ1) is 16.1. The predicted molar refractivity (Wildman–Crippen MR) is 107 cm³/mol. The highest BCUT2D eigenvalue weighted by Crippen LogP contribution is 2.53. The number of benzene rings is 2. The fraction of sp³-hybridized carbons (Fsp3) is 0.217. The van der Waals surface area contributed by atoms with Crippen LogP contribution in [0.15, 0.2) is 78.2 Å². The molecule has 27 heavy (non-hydrogen) atoms. The molecule has 0 bridgehead atoms. The molecule has 2 aliphatic carbocycles. The van der Waals surface area contributed by atoms with Crippen LogP contribution in [0.3, 0.4) is 0 Å². The van der Waals surface area contributed by atoms with Crippen LogP contribution in [0.4, 0.5) is 11.4 Å². The molecule has 3 aliphatic rings. The van der Waals surface area contributed by atoms with Gasteiger partial charge in [-0.1, -0.05) is 43.3 Å². The molecule has 0 N–H and O–H groups in total. The molecule has 1 aliphatic heterocycles. The van der Waals surface area contributed by atoms with E-state index in [4.69, 9.17) is 0 Å². The summed E-state index contributed by atoms with van der Waals surface area (Å²) in [4.78, 5) is 13.6. The first-order valence-corrected chi connectivity index (χ1v) is 9.31. The summed E-state index contributed by atoms with van der Waals surface area (Å²) in [6, 6.07) is 15.8. The van der Waals surface area contributed by atoms with Crippen LogP contribution in [0, 0.1) is 15.5 Å². The number of fused-ring (bicyclic) bond motifs is 3. The minimum absolute atomic E-state index is 0.146. The van der Waals surface area contributed by atoms with Crippen LogP contribution in [0.2, 0.25) is 0 Å². The summed E-state index contributed by atoms with van der Waals surface area (Å²) in [6.45, 7) is 2.23. The van der Waals surface area contributed by atoms with E-state index in [0.717, 1.165) is 41.6 Å². The van der Waals surface area contributed by atoms with Gasteiger partial charge in [0.1, 0.15) is 0 Å². The largest absolute Gasteiger partial charge is 0.320 e. The summed E-state index contributed by atoms with van der Waals surface area (Å²) in [6.07, 6.45) is 9.23. The number of nitrogens with zero attached hydrogens (tertiary/aromatic N) is 2. The summed E-state index contributed by atoms with van der Waals surface area (Å²) >= 11 is 0. The van der Waals surface area contributed by atoms with Crippen LogP contribution < -0.4 is 4.90 Å². The molecular formula is C23H20N2O2. The van der Waals surface area contributed by atoms with Crippen LogP contribution >= 0.6 is 0 Å². The predicted octanol–water partition coefficient (Wildman–Crippen LogP) is 5.62. The van der Waals surface area contributed by atoms with E-state index in [2.05, 4.69) is 42.3 Å². The smallest absolute Gasteiger partial charge is 0.277 e. The van der Waals surface area contributed by atoms with Crippen molar-refractivity contribution in [3.63, 3.8) is 0 Å². The Balaban J connectivity index is 1.66. The van der Waals surface area contributed by atoms with E-state index >= 15 is 0 Å². The molecule has 0 spiro atoms. The minimum atomic E-state index is -0.239. The molecule has 134 valence electrons. The summed E-state index contributed by atoms with van der Waals surface area (Å²) in [7, 11) is 0. The third-order valence-electron chi connectivity index (χ3n) is 6.00. The zero-order valence-corrected chi connectivity index (χ0v) is 15.2. The Bertz CT molecular complexity index is 1050. The van der Waals surface area contributed by atoms with Crippen molar-refractivity contribution in [2.75, 3.05) is 4.90 Å². The monoisotopic (exact) mass is 356 g/mol. The quantitative estimate of drug-likeness (QED) is 0.518. The zero-order valence-electron chi connectivity index (χ0n) is 15.2. The third kappa shape index (κ3) is 2.36. The second-order valence-electron chi connectivity index (χ2n) is 7.72. The summed E-state index contributed by atoms with van der Waals surface area (Å²) in [5, 5.41) is 11.6. The summed E-state index contributed by atoms with van der Waals surface area (Å²) < 4.78 is 0. The van der Waals surface area contributed by atoms with Gasteiger partial charge in [-0.05, 0) is 54.2 Å². The Morgan fingerprint density at radius 1 is 1.07 bits per heavy atom. The SMILES string of the molecule is CC12C=CN(c3ccccc3)C1=CC1=C(C2)c2c(cccc2[N+](=O)[O-])CC1. The Labute approximate surface area is 158 Å². The van der Waals surface area contributed by atoms with Crippen molar-refractivity contribution in [1.29, 1.82) is 0 Å². The average molecular weight is 356 g/mol. The van der Waals surface area contributed by atoms with Crippen LogP contribution in [-0.2, 0) is 6.42 Å². The molecule has 0 fully saturated rings. The maximum Gasteiger partial charge on any atom is 0.277 e. The second kappa shape index (κ2) is 5.68. The van der Waals surface area contributed by atoms with Crippen molar-refractivity contribution in [3.05, 3.63) is 99.4 Å². The molecule has 5 rings (SSSR count). The highest BCUT2D eigenvalue weighted by molar-refractivity contribution is 5.84. The van der Waals surface area contributed by atoms with E-state index in [1.54, 1.807) is 12.1 Å². The number of hydrogen-bond acceptors (Lipinski definition) is 3. The minimum Gasteiger partial charge on any atom is -0.320 e. The van der Waals surface area contributed by atoms with Gasteiger partial charge in [-0.15, -0.1) is 0 Å². The lowest BCUT2D eigenvalue weighted by molar-refractivity contribution is -0.385. The van der Waals surface area contributed by atoms with E-state index in [1.807, 2.05) is 24.3 Å². The van der Waals surface area contributed by atoms with Gasteiger partial charge in [-0.2, -0.15) is 0 Å². The number of para-hydroxylation sites is 1. The Hall–Kier alpha value is -3.14. The number of nitro groups is 1. The number of aryl methyl sites for hydroxylation is 1. The maximum atomic E-state index is 11.6. The molecule has 0 radical (unpaired) electrons. The van der Waals surface area contributed by atoms with Crippen molar-refractivity contribution in [3.8, 4) is 0 Å². The molecule has 1 atom stereocenters. The first-order chi connectivity index (χ1) is 13.1. The number of allylic oxidation sites excluding steroid dienone is 4. The lowest BCUT2D eigenvalue weighted by atomic mass is 9.70. The molecule has 2 aromatic rings. The van der Waals surface area contributed by atoms with E-state index in [0.29, 0.717) is 0 Å². The molecule has 1 heterocycles. The fourth-order valence-electron chi connectivity index (χ4n) is 4.65. The molecule has 1 unspecified atom stereocenters. The Kier molecular flexibility index (Phi) is 3.38. The van der Waals surface area contributed by atoms with Crippen LogP contribution in [0.5, 0.6) is 0 Å². The summed E-state index contributed by atoms with van der Waals surface area (Å²) in [5.41, 5.74) is 6.85. The van der Waals surface area contributed by atoms with Gasteiger partial charge in [0.15, 0.2) is 0 Å². The van der Waals surface area contributed by atoms with Crippen LogP contribution in [-0.4, -0.2) is 4.92 Å². The topological polar surface area (TPSA) is 46.4 Å². The lowest BCUT2D eigenvalue weighted by Crippen LogP contribution is -2.27. The van der Waals surface area contributed by atoms with Gasteiger partial charge in [-0.25, -0.2) is 0 Å². The van der Waals surface area contributed by atoms with Crippen molar-refractivity contribution < 1.29 is 4.92 Å². The maximum absolute atomic E-state index is 11.6. The van der Waals surface area contributed by atoms with Gasteiger partial charge in [0.25, 0.3) is 5.69 Å². The first-order valence-electron chi connectivity index (χ1n) is 9.31. The van der Waals surface area contributed by atoms with Crippen molar-refractivity contribution in [2.45, 2.75) is 26.2 Å². The highest BCUT2D eigenvalue weighted by Gasteiger charge is 2.41. The molecule has 0 amide bonds. The normalized spacial score (nSPS) is 22.9. The fourth-order valence-corrected chi connectivity index (χ4v) is 4.65. The van der Waals surface area contributed by atoms with Gasteiger partial charge in [0.05, 0.1) is 10.5 Å². The Morgan fingerprint density at radius 3 is 2.67 bits per heavy atom. The number of nitro benzene ring substituents is 1. The van der Waals surface area contributed by atoms with Crippen LogP contribution in [0.25, 0.3) is 5.57 Å². The highest BCUT2D eigenvalue weighted by atomic mass is 16.6. The van der Waals surface area contributed by atoms with Gasteiger partial charge in [-0.3, -0.25) is 10.1 Å². The summed E-state index contributed by atoms with van der Waals surface area (Å²) in [5.74, 6) is 0. The van der Waals surface area contributed by atoms with E-state index in [1.165, 1.54) is 11.3 Å². The van der Waals surface area contributed by atoms with Crippen molar-refractivity contribution >= 4 is 16.9 Å². The average Bonchev–Trinajstić information content (AvgIpc) is 3.02. The number of rotatable bonds is 2. The van der Waals surface area contributed by atoms with Gasteiger partial charge in [0, 0.05) is 29.1 Å². The van der Waals surface area contributed by atoms with E-state index < -0.39 is 0 Å². The molecule has 4 heteroatoms. The molecule has 4 nitrogen and oxygen atoms in total. The molecule has 0 saturated carbocycles. The standard InChI is InChI=1S/C23H20N2O2/c1-23-12-13-24(18-7-3-2-4-8-18)21(23)14-17-11-10-16-6-5-9-20(25(26)27)22(16)19(17)15-23/h2-9,12-14H,10-11,15H2,1H3. The Morgan fingerprint density at radius 2 is 1.89 bits per heavy atom. The third-order valence-corrected chi connectivity index (χ3v) is 6.00. The number of hydrogen-bond donors (Lipinski definition) is 0. The van der Waals surface area contributed by atoms with E-state index in [9.17, 15) is 10.1 Å². The van der Waals surface area contributed by atoms with Gasteiger partial charge < -0.3 is 4.90 Å². The van der Waals surface area contributed by atoms with Gasteiger partial charge >= 0.3 is 0 Å². The van der Waals surface area contributed by atoms with Crippen molar-refractivity contribution in [2.24, 2.45) is 5.41 Å². The van der Waals surface area contributed by atoms with E-state index in [-0.39, 0.29) is 16.0 Å².